The average Bonchev–Trinajstić information content (AvgIpc) is 2.98. The van der Waals surface area contributed by atoms with Gasteiger partial charge in [-0.25, -0.2) is 0 Å². The number of aromatic amines is 1. The molecule has 0 aliphatic rings. The second-order valence-corrected chi connectivity index (χ2v) is 5.46. The number of fused-ring (bicyclic) bond motifs is 1. The molecule has 22 heavy (non-hydrogen) atoms. The van der Waals surface area contributed by atoms with Crippen LogP contribution in [0.25, 0.3) is 10.9 Å². The number of hydrogen-bond acceptors (Lipinski definition) is 1. The second kappa shape index (κ2) is 6.67. The molecule has 3 rings (SSSR count). The van der Waals surface area contributed by atoms with Crippen LogP contribution in [0.5, 0.6) is 0 Å². The number of amides is 1. The maximum Gasteiger partial charge on any atom is 0.251 e. The summed E-state index contributed by atoms with van der Waals surface area (Å²) in [5.74, 6) is 0.406. The van der Waals surface area contributed by atoms with Crippen LogP contribution in [0.2, 0.25) is 0 Å². The molecule has 0 unspecified atom stereocenters. The highest BCUT2D eigenvalue weighted by atomic mass is 35.5. The van der Waals surface area contributed by atoms with E-state index in [2.05, 4.69) is 22.4 Å². The normalized spacial score (nSPS) is 10.8. The minimum absolute atomic E-state index is 0.0547. The molecular weight excluding hydrogens is 296 g/mol. The fourth-order valence-corrected chi connectivity index (χ4v) is 2.67. The maximum absolute atomic E-state index is 12.1. The lowest BCUT2D eigenvalue weighted by atomic mass is 10.1. The molecule has 4 heteroatoms. The summed E-state index contributed by atoms with van der Waals surface area (Å²) in [5, 5.41) is 4.16. The number of halogens is 1. The predicted molar refractivity (Wildman–Crippen MR) is 90.3 cm³/mol. The van der Waals surface area contributed by atoms with Crippen molar-refractivity contribution in [1.29, 1.82) is 0 Å². The monoisotopic (exact) mass is 312 g/mol. The topological polar surface area (TPSA) is 44.9 Å². The third-order valence-corrected chi connectivity index (χ3v) is 4.03. The fraction of sp³-hybridized carbons (Fsp3) is 0.167. The van der Waals surface area contributed by atoms with Gasteiger partial charge in [0.05, 0.1) is 0 Å². The van der Waals surface area contributed by atoms with Crippen LogP contribution in [0.4, 0.5) is 0 Å². The van der Waals surface area contributed by atoms with E-state index >= 15 is 0 Å². The van der Waals surface area contributed by atoms with E-state index in [1.54, 1.807) is 12.1 Å². The molecular formula is C18H17ClN2O. The lowest BCUT2D eigenvalue weighted by Gasteiger charge is -2.05. The van der Waals surface area contributed by atoms with Gasteiger partial charge in [-0.3, -0.25) is 4.79 Å². The molecule has 112 valence electrons. The first-order chi connectivity index (χ1) is 10.8. The molecule has 0 atom stereocenters. The Morgan fingerprint density at radius 1 is 1.09 bits per heavy atom. The largest absolute Gasteiger partial charge is 0.361 e. The van der Waals surface area contributed by atoms with Crippen molar-refractivity contribution in [3.8, 4) is 0 Å². The number of hydrogen-bond donors (Lipinski definition) is 2. The van der Waals surface area contributed by atoms with E-state index in [1.165, 1.54) is 10.9 Å². The quantitative estimate of drug-likeness (QED) is 0.690. The number of nitrogens with one attached hydrogen (secondary N) is 2. The van der Waals surface area contributed by atoms with Crippen molar-refractivity contribution in [1.82, 2.24) is 10.3 Å². The zero-order chi connectivity index (χ0) is 15.4. The molecule has 1 heterocycles. The molecule has 0 aliphatic heterocycles. The van der Waals surface area contributed by atoms with Crippen molar-refractivity contribution in [3.63, 3.8) is 0 Å². The summed E-state index contributed by atoms with van der Waals surface area (Å²) in [4.78, 5) is 15.3. The van der Waals surface area contributed by atoms with Crippen molar-refractivity contribution in [3.05, 3.63) is 71.4 Å². The van der Waals surface area contributed by atoms with Gasteiger partial charge in [0.1, 0.15) is 0 Å². The summed E-state index contributed by atoms with van der Waals surface area (Å²) in [6.07, 6.45) is 2.81. The van der Waals surface area contributed by atoms with Gasteiger partial charge in [0.2, 0.25) is 0 Å². The van der Waals surface area contributed by atoms with E-state index in [9.17, 15) is 4.79 Å². The lowest BCUT2D eigenvalue weighted by Crippen LogP contribution is -2.25. The van der Waals surface area contributed by atoms with Crippen molar-refractivity contribution in [2.75, 3.05) is 6.54 Å². The number of H-pyrrole nitrogens is 1. The Bertz CT molecular complexity index is 777. The first-order valence-corrected chi connectivity index (χ1v) is 7.79. The van der Waals surface area contributed by atoms with Crippen LogP contribution in [0.1, 0.15) is 21.5 Å². The van der Waals surface area contributed by atoms with E-state index in [0.717, 1.165) is 17.5 Å². The summed E-state index contributed by atoms with van der Waals surface area (Å²) in [6, 6.07) is 15.5. The molecule has 1 aromatic heterocycles. The molecule has 0 saturated carbocycles. The molecule has 3 aromatic rings. The zero-order valence-electron chi connectivity index (χ0n) is 12.1. The van der Waals surface area contributed by atoms with Crippen LogP contribution in [0.3, 0.4) is 0 Å². The number of para-hydroxylation sites is 1. The van der Waals surface area contributed by atoms with Crippen LogP contribution < -0.4 is 5.32 Å². The predicted octanol–water partition coefficient (Wildman–Crippen LogP) is 3.88. The van der Waals surface area contributed by atoms with Crippen LogP contribution >= 0.6 is 11.6 Å². The highest BCUT2D eigenvalue weighted by molar-refractivity contribution is 6.17. The summed E-state index contributed by atoms with van der Waals surface area (Å²) < 4.78 is 0. The number of carbonyl (C=O) groups is 1. The minimum atomic E-state index is -0.0547. The zero-order valence-corrected chi connectivity index (χ0v) is 12.9. The Balaban J connectivity index is 1.59. The van der Waals surface area contributed by atoms with Crippen molar-refractivity contribution in [2.45, 2.75) is 12.3 Å². The van der Waals surface area contributed by atoms with E-state index in [0.29, 0.717) is 18.0 Å². The van der Waals surface area contributed by atoms with Gasteiger partial charge in [0.25, 0.3) is 5.91 Å². The van der Waals surface area contributed by atoms with E-state index in [-0.39, 0.29) is 5.91 Å². The first-order valence-electron chi connectivity index (χ1n) is 7.26. The van der Waals surface area contributed by atoms with Gasteiger partial charge in [0, 0.05) is 35.1 Å². The lowest BCUT2D eigenvalue weighted by molar-refractivity contribution is 0.0954. The van der Waals surface area contributed by atoms with Gasteiger partial charge >= 0.3 is 0 Å². The number of benzene rings is 2. The Morgan fingerprint density at radius 2 is 1.86 bits per heavy atom. The van der Waals surface area contributed by atoms with E-state index < -0.39 is 0 Å². The molecule has 0 radical (unpaired) electrons. The number of alkyl halides is 1. The molecule has 0 bridgehead atoms. The van der Waals surface area contributed by atoms with Crippen molar-refractivity contribution >= 4 is 28.4 Å². The van der Waals surface area contributed by atoms with Gasteiger partial charge in [0.15, 0.2) is 0 Å². The minimum Gasteiger partial charge on any atom is -0.361 e. The average molecular weight is 313 g/mol. The van der Waals surface area contributed by atoms with Crippen LogP contribution in [0, 0.1) is 0 Å². The molecule has 3 nitrogen and oxygen atoms in total. The molecule has 0 fully saturated rings. The highest BCUT2D eigenvalue weighted by Gasteiger charge is 2.06. The third kappa shape index (κ3) is 3.15. The smallest absolute Gasteiger partial charge is 0.251 e. The Kier molecular flexibility index (Phi) is 4.45. The van der Waals surface area contributed by atoms with Crippen LogP contribution in [0.15, 0.2) is 54.7 Å². The Hall–Kier alpha value is -2.26. The number of aromatic nitrogens is 1. The summed E-state index contributed by atoms with van der Waals surface area (Å²) >= 11 is 5.74. The van der Waals surface area contributed by atoms with Crippen molar-refractivity contribution < 1.29 is 4.79 Å². The van der Waals surface area contributed by atoms with Gasteiger partial charge < -0.3 is 10.3 Å². The van der Waals surface area contributed by atoms with Gasteiger partial charge in [-0.05, 0) is 35.7 Å². The first kappa shape index (κ1) is 14.7. The Morgan fingerprint density at radius 3 is 2.64 bits per heavy atom. The van der Waals surface area contributed by atoms with E-state index in [4.69, 9.17) is 11.6 Å². The van der Waals surface area contributed by atoms with Crippen LogP contribution in [-0.4, -0.2) is 17.4 Å². The Labute approximate surface area is 134 Å². The molecule has 2 N–H and O–H groups in total. The molecule has 0 spiro atoms. The van der Waals surface area contributed by atoms with Crippen LogP contribution in [-0.2, 0) is 12.3 Å². The summed E-state index contributed by atoms with van der Waals surface area (Å²) in [7, 11) is 0. The van der Waals surface area contributed by atoms with Crippen molar-refractivity contribution in [2.24, 2.45) is 0 Å². The maximum atomic E-state index is 12.1. The third-order valence-electron chi connectivity index (χ3n) is 3.73. The molecule has 1 amide bonds. The molecule has 2 aromatic carbocycles. The van der Waals surface area contributed by atoms with Gasteiger partial charge in [-0.1, -0.05) is 30.3 Å². The second-order valence-electron chi connectivity index (χ2n) is 5.20. The summed E-state index contributed by atoms with van der Waals surface area (Å²) in [5.41, 5.74) is 4.01. The highest BCUT2D eigenvalue weighted by Crippen LogP contribution is 2.17. The SMILES string of the molecule is O=C(NCCc1c[nH]c2ccccc12)c1ccc(CCl)cc1. The number of carbonyl (C=O) groups excluding carboxylic acids is 1. The number of rotatable bonds is 5. The molecule has 0 saturated heterocycles. The molecule has 0 aliphatic carbocycles. The van der Waals surface area contributed by atoms with E-state index in [1.807, 2.05) is 30.5 Å². The van der Waals surface area contributed by atoms with Gasteiger partial charge in [-0.2, -0.15) is 0 Å². The summed E-state index contributed by atoms with van der Waals surface area (Å²) in [6.45, 7) is 0.609. The standard InChI is InChI=1S/C18H17ClN2O/c19-11-13-5-7-14(8-6-13)18(22)20-10-9-15-12-21-17-4-2-1-3-16(15)17/h1-8,12,21H,9-11H2,(H,20,22). The van der Waals surface area contributed by atoms with Gasteiger partial charge in [-0.15, -0.1) is 11.6 Å². The fourth-order valence-electron chi connectivity index (χ4n) is 2.50.